The standard InChI is InChI=1S/C19H23N3O2/c1-4-22(18-11-5-14(2)6-12-18)21-19(24)13-16-7-9-17(10-8-16)20-15(3)23/h5-12H,4,13H2,1-3H3,(H,20,23)(H,21,24). The Bertz CT molecular complexity index is 694. The minimum atomic E-state index is -0.114. The van der Waals surface area contributed by atoms with Gasteiger partial charge in [-0.05, 0) is 43.7 Å². The lowest BCUT2D eigenvalue weighted by atomic mass is 10.1. The van der Waals surface area contributed by atoms with E-state index >= 15 is 0 Å². The molecule has 2 rings (SSSR count). The highest BCUT2D eigenvalue weighted by atomic mass is 16.2. The molecule has 0 bridgehead atoms. The molecule has 0 aliphatic carbocycles. The highest BCUT2D eigenvalue weighted by Gasteiger charge is 2.09. The zero-order chi connectivity index (χ0) is 17.5. The Morgan fingerprint density at radius 1 is 1.00 bits per heavy atom. The van der Waals surface area contributed by atoms with Crippen LogP contribution in [0.5, 0.6) is 0 Å². The first-order chi connectivity index (χ1) is 11.5. The average molecular weight is 325 g/mol. The molecule has 0 saturated heterocycles. The van der Waals surface area contributed by atoms with Gasteiger partial charge in [0.15, 0.2) is 0 Å². The van der Waals surface area contributed by atoms with Gasteiger partial charge in [0.2, 0.25) is 11.8 Å². The molecule has 2 aromatic rings. The zero-order valence-electron chi connectivity index (χ0n) is 14.3. The third-order valence-corrected chi connectivity index (χ3v) is 3.56. The molecule has 0 aliphatic heterocycles. The van der Waals surface area contributed by atoms with Crippen molar-refractivity contribution < 1.29 is 9.59 Å². The van der Waals surface area contributed by atoms with Crippen molar-refractivity contribution in [3.63, 3.8) is 0 Å². The number of carbonyl (C=O) groups excluding carboxylic acids is 2. The molecule has 24 heavy (non-hydrogen) atoms. The van der Waals surface area contributed by atoms with E-state index in [4.69, 9.17) is 0 Å². The van der Waals surface area contributed by atoms with Crippen LogP contribution in [0.15, 0.2) is 48.5 Å². The first-order valence-electron chi connectivity index (χ1n) is 7.98. The van der Waals surface area contributed by atoms with E-state index < -0.39 is 0 Å². The number of hydrogen-bond acceptors (Lipinski definition) is 3. The van der Waals surface area contributed by atoms with E-state index in [-0.39, 0.29) is 18.2 Å². The number of hydrazine groups is 1. The van der Waals surface area contributed by atoms with Crippen LogP contribution in [0, 0.1) is 6.92 Å². The van der Waals surface area contributed by atoms with Crippen molar-refractivity contribution in [3.05, 3.63) is 59.7 Å². The second-order valence-corrected chi connectivity index (χ2v) is 5.67. The number of benzene rings is 2. The Morgan fingerprint density at radius 2 is 1.62 bits per heavy atom. The minimum absolute atomic E-state index is 0.0790. The van der Waals surface area contributed by atoms with Crippen LogP contribution in [0.1, 0.15) is 25.0 Å². The van der Waals surface area contributed by atoms with Gasteiger partial charge in [-0.2, -0.15) is 0 Å². The lowest BCUT2D eigenvalue weighted by Gasteiger charge is -2.24. The van der Waals surface area contributed by atoms with Crippen LogP contribution in [-0.4, -0.2) is 18.4 Å². The van der Waals surface area contributed by atoms with Crippen molar-refractivity contribution in [3.8, 4) is 0 Å². The lowest BCUT2D eigenvalue weighted by Crippen LogP contribution is -2.43. The average Bonchev–Trinajstić information content (AvgIpc) is 2.55. The second kappa shape index (κ2) is 8.15. The molecular weight excluding hydrogens is 302 g/mol. The first-order valence-corrected chi connectivity index (χ1v) is 7.98. The highest BCUT2D eigenvalue weighted by Crippen LogP contribution is 2.14. The minimum Gasteiger partial charge on any atom is -0.326 e. The molecule has 2 N–H and O–H groups in total. The van der Waals surface area contributed by atoms with E-state index in [0.29, 0.717) is 6.54 Å². The van der Waals surface area contributed by atoms with Crippen molar-refractivity contribution in [1.29, 1.82) is 0 Å². The molecule has 0 aromatic heterocycles. The summed E-state index contributed by atoms with van der Waals surface area (Å²) in [6.07, 6.45) is 0.280. The summed E-state index contributed by atoms with van der Waals surface area (Å²) in [7, 11) is 0. The first kappa shape index (κ1) is 17.5. The molecule has 0 unspecified atom stereocenters. The summed E-state index contributed by atoms with van der Waals surface area (Å²) in [6.45, 7) is 6.16. The fourth-order valence-corrected chi connectivity index (χ4v) is 2.34. The number of rotatable bonds is 6. The van der Waals surface area contributed by atoms with Crippen LogP contribution in [0.3, 0.4) is 0 Å². The summed E-state index contributed by atoms with van der Waals surface area (Å²) in [5.41, 5.74) is 6.67. The molecule has 2 aromatic carbocycles. The summed E-state index contributed by atoms with van der Waals surface area (Å²) in [6, 6.07) is 15.3. The maximum absolute atomic E-state index is 12.3. The van der Waals surface area contributed by atoms with Crippen LogP contribution in [-0.2, 0) is 16.0 Å². The third kappa shape index (κ3) is 5.12. The highest BCUT2D eigenvalue weighted by molar-refractivity contribution is 5.88. The molecule has 0 spiro atoms. The van der Waals surface area contributed by atoms with E-state index in [0.717, 1.165) is 16.9 Å². The number of nitrogens with zero attached hydrogens (tertiary/aromatic N) is 1. The molecule has 0 heterocycles. The molecule has 0 aliphatic rings. The van der Waals surface area contributed by atoms with Crippen molar-refractivity contribution in [2.45, 2.75) is 27.2 Å². The molecule has 2 amide bonds. The largest absolute Gasteiger partial charge is 0.326 e. The molecule has 0 atom stereocenters. The monoisotopic (exact) mass is 325 g/mol. The number of nitrogens with one attached hydrogen (secondary N) is 2. The maximum Gasteiger partial charge on any atom is 0.242 e. The van der Waals surface area contributed by atoms with Gasteiger partial charge < -0.3 is 5.32 Å². The van der Waals surface area contributed by atoms with Crippen LogP contribution in [0.4, 0.5) is 11.4 Å². The summed E-state index contributed by atoms with van der Waals surface area (Å²) in [5.74, 6) is -0.193. The van der Waals surface area contributed by atoms with Crippen molar-refractivity contribution in [1.82, 2.24) is 5.43 Å². The molecule has 5 heteroatoms. The van der Waals surface area contributed by atoms with Gasteiger partial charge >= 0.3 is 0 Å². The molecule has 5 nitrogen and oxygen atoms in total. The van der Waals surface area contributed by atoms with Crippen LogP contribution in [0.25, 0.3) is 0 Å². The van der Waals surface area contributed by atoms with Crippen LogP contribution < -0.4 is 15.8 Å². The predicted octanol–water partition coefficient (Wildman–Crippen LogP) is 3.05. The number of aryl methyl sites for hydroxylation is 1. The van der Waals surface area contributed by atoms with Crippen molar-refractivity contribution in [2.24, 2.45) is 0 Å². The summed E-state index contributed by atoms with van der Waals surface area (Å²) < 4.78 is 0. The third-order valence-electron chi connectivity index (χ3n) is 3.56. The van der Waals surface area contributed by atoms with Gasteiger partial charge in [0.1, 0.15) is 0 Å². The normalized spacial score (nSPS) is 10.1. The second-order valence-electron chi connectivity index (χ2n) is 5.67. The summed E-state index contributed by atoms with van der Waals surface area (Å²) in [4.78, 5) is 23.3. The predicted molar refractivity (Wildman–Crippen MR) is 96.8 cm³/mol. The number of amides is 2. The van der Waals surface area contributed by atoms with E-state index in [1.54, 1.807) is 12.1 Å². The van der Waals surface area contributed by atoms with Gasteiger partial charge in [0.05, 0.1) is 12.1 Å². The van der Waals surface area contributed by atoms with Gasteiger partial charge in [-0.25, -0.2) is 0 Å². The van der Waals surface area contributed by atoms with Gasteiger partial charge in [0, 0.05) is 19.2 Å². The summed E-state index contributed by atoms with van der Waals surface area (Å²) in [5, 5.41) is 4.53. The molecule has 0 saturated carbocycles. The van der Waals surface area contributed by atoms with Gasteiger partial charge in [0.25, 0.3) is 0 Å². The Balaban J connectivity index is 1.96. The molecule has 126 valence electrons. The van der Waals surface area contributed by atoms with Crippen LogP contribution >= 0.6 is 0 Å². The zero-order valence-corrected chi connectivity index (χ0v) is 14.3. The Morgan fingerprint density at radius 3 is 2.17 bits per heavy atom. The molecular formula is C19H23N3O2. The number of anilines is 2. The smallest absolute Gasteiger partial charge is 0.242 e. The topological polar surface area (TPSA) is 61.4 Å². The Hall–Kier alpha value is -2.82. The van der Waals surface area contributed by atoms with E-state index in [2.05, 4.69) is 10.7 Å². The molecule has 0 radical (unpaired) electrons. The fourth-order valence-electron chi connectivity index (χ4n) is 2.34. The van der Waals surface area contributed by atoms with Crippen molar-refractivity contribution >= 4 is 23.2 Å². The van der Waals surface area contributed by atoms with E-state index in [9.17, 15) is 9.59 Å². The van der Waals surface area contributed by atoms with Crippen LogP contribution in [0.2, 0.25) is 0 Å². The molecule has 0 fully saturated rings. The van der Waals surface area contributed by atoms with E-state index in [1.165, 1.54) is 12.5 Å². The van der Waals surface area contributed by atoms with Gasteiger partial charge in [-0.3, -0.25) is 20.0 Å². The lowest BCUT2D eigenvalue weighted by molar-refractivity contribution is -0.120. The summed E-state index contributed by atoms with van der Waals surface area (Å²) >= 11 is 0. The Labute approximate surface area is 142 Å². The van der Waals surface area contributed by atoms with E-state index in [1.807, 2.05) is 55.3 Å². The fraction of sp³-hybridized carbons (Fsp3) is 0.263. The Kier molecular flexibility index (Phi) is 5.95. The SMILES string of the molecule is CCN(NC(=O)Cc1ccc(NC(C)=O)cc1)c1ccc(C)cc1. The number of carbonyl (C=O) groups is 2. The van der Waals surface area contributed by atoms with Gasteiger partial charge in [-0.1, -0.05) is 29.8 Å². The van der Waals surface area contributed by atoms with Gasteiger partial charge in [-0.15, -0.1) is 0 Å². The van der Waals surface area contributed by atoms with Crippen molar-refractivity contribution in [2.75, 3.05) is 16.9 Å². The maximum atomic E-state index is 12.3. The quantitative estimate of drug-likeness (QED) is 0.803. The number of hydrogen-bond donors (Lipinski definition) is 2.